The summed E-state index contributed by atoms with van der Waals surface area (Å²) in [4.78, 5) is 29.2. The molecule has 0 atom stereocenters. The first kappa shape index (κ1) is 20.9. The Morgan fingerprint density at radius 1 is 0.906 bits per heavy atom. The van der Waals surface area contributed by atoms with Gasteiger partial charge in [-0.2, -0.15) is 0 Å². The Bertz CT molecular complexity index is 1250. The molecule has 1 heterocycles. The molecule has 4 aromatic rings. The normalized spacial score (nSPS) is 10.6. The van der Waals surface area contributed by atoms with Gasteiger partial charge in [-0.25, -0.2) is 14.1 Å². The number of aryl methyl sites for hydroxylation is 1. The number of hydrogen-bond acceptors (Lipinski definition) is 4. The Kier molecular flexibility index (Phi) is 6.03. The highest BCUT2D eigenvalue weighted by Crippen LogP contribution is 2.21. The van der Waals surface area contributed by atoms with Crippen LogP contribution in [0.2, 0.25) is 0 Å². The molecule has 1 aromatic heterocycles. The largest absolute Gasteiger partial charge is 0.309 e. The number of rotatable bonds is 5. The molecule has 7 nitrogen and oxygen atoms in total. The third kappa shape index (κ3) is 4.70. The molecule has 0 unspecified atom stereocenters. The van der Waals surface area contributed by atoms with Crippen molar-refractivity contribution in [3.8, 4) is 17.1 Å². The Morgan fingerprint density at radius 2 is 1.59 bits per heavy atom. The van der Waals surface area contributed by atoms with Gasteiger partial charge in [-0.05, 0) is 42.3 Å². The first-order valence-electron chi connectivity index (χ1n) is 9.93. The van der Waals surface area contributed by atoms with E-state index in [9.17, 15) is 14.0 Å². The van der Waals surface area contributed by atoms with Gasteiger partial charge in [0.15, 0.2) is 5.82 Å². The summed E-state index contributed by atoms with van der Waals surface area (Å²) in [7, 11) is 0. The van der Waals surface area contributed by atoms with E-state index in [4.69, 9.17) is 0 Å². The molecule has 4 rings (SSSR count). The molecule has 0 fully saturated rings. The van der Waals surface area contributed by atoms with Crippen LogP contribution in [0, 0.1) is 12.7 Å². The van der Waals surface area contributed by atoms with Gasteiger partial charge >= 0.3 is 5.91 Å². The first-order valence-corrected chi connectivity index (χ1v) is 9.93. The molecule has 0 aliphatic rings. The summed E-state index contributed by atoms with van der Waals surface area (Å²) in [6, 6.07) is 22.4. The predicted octanol–water partition coefficient (Wildman–Crippen LogP) is 3.39. The van der Waals surface area contributed by atoms with E-state index in [1.807, 2.05) is 61.5 Å². The van der Waals surface area contributed by atoms with E-state index in [1.54, 1.807) is 12.1 Å². The van der Waals surface area contributed by atoms with Crippen LogP contribution in [0.15, 0.2) is 78.9 Å². The Morgan fingerprint density at radius 3 is 2.31 bits per heavy atom. The van der Waals surface area contributed by atoms with Crippen molar-refractivity contribution < 1.29 is 14.0 Å². The van der Waals surface area contributed by atoms with Gasteiger partial charge in [0.25, 0.3) is 0 Å². The molecule has 2 amide bonds. The minimum atomic E-state index is -0.666. The van der Waals surface area contributed by atoms with Crippen LogP contribution in [0.3, 0.4) is 0 Å². The van der Waals surface area contributed by atoms with E-state index < -0.39 is 5.91 Å². The number of aromatic nitrogens is 3. The molecule has 0 aliphatic heterocycles. The number of carbonyl (C=O) groups excluding carboxylic acids is 2. The summed E-state index contributed by atoms with van der Waals surface area (Å²) in [6.07, 6.45) is 0.125. The van der Waals surface area contributed by atoms with Gasteiger partial charge in [0.2, 0.25) is 11.7 Å². The van der Waals surface area contributed by atoms with Crippen molar-refractivity contribution in [3.63, 3.8) is 0 Å². The van der Waals surface area contributed by atoms with Crippen LogP contribution >= 0.6 is 0 Å². The highest BCUT2D eigenvalue weighted by molar-refractivity contribution is 5.92. The molecule has 8 heteroatoms. The maximum Gasteiger partial charge on any atom is 0.309 e. The molecule has 0 bridgehead atoms. The highest BCUT2D eigenvalue weighted by Gasteiger charge is 2.19. The molecule has 0 aliphatic carbocycles. The summed E-state index contributed by atoms with van der Waals surface area (Å²) >= 11 is 0. The van der Waals surface area contributed by atoms with Gasteiger partial charge < -0.3 is 0 Å². The lowest BCUT2D eigenvalue weighted by molar-refractivity contribution is -0.121. The number of nitrogens with one attached hydrogen (secondary N) is 2. The van der Waals surface area contributed by atoms with Crippen LogP contribution in [-0.4, -0.2) is 26.6 Å². The monoisotopic (exact) mass is 429 g/mol. The van der Waals surface area contributed by atoms with Crippen molar-refractivity contribution in [2.75, 3.05) is 0 Å². The van der Waals surface area contributed by atoms with Gasteiger partial charge in [-0.15, -0.1) is 5.10 Å². The van der Waals surface area contributed by atoms with Gasteiger partial charge in [0.05, 0.1) is 12.1 Å². The standard InChI is InChI=1S/C24H20FN5O2/c1-16-7-5-6-10-18(16)15-21(31)27-28-24(32)22-26-23(17-8-3-2-4-9-17)30(29-22)20-13-11-19(25)12-14-20/h2-14H,15H2,1H3,(H,27,31)(H,28,32). The Hall–Kier alpha value is -4.33. The minimum absolute atomic E-state index is 0.125. The summed E-state index contributed by atoms with van der Waals surface area (Å²) in [5.41, 5.74) is 7.87. The van der Waals surface area contributed by atoms with Crippen molar-refractivity contribution >= 4 is 11.8 Å². The summed E-state index contributed by atoms with van der Waals surface area (Å²) in [6.45, 7) is 1.91. The number of amides is 2. The van der Waals surface area contributed by atoms with Gasteiger partial charge in [-0.1, -0.05) is 54.6 Å². The van der Waals surface area contributed by atoms with Crippen molar-refractivity contribution in [1.29, 1.82) is 0 Å². The number of hydrazine groups is 1. The van der Waals surface area contributed by atoms with E-state index in [1.165, 1.54) is 16.8 Å². The van der Waals surface area contributed by atoms with E-state index >= 15 is 0 Å². The number of benzene rings is 3. The zero-order chi connectivity index (χ0) is 22.5. The van der Waals surface area contributed by atoms with Crippen LogP contribution in [0.4, 0.5) is 4.39 Å². The lowest BCUT2D eigenvalue weighted by Crippen LogP contribution is -2.42. The van der Waals surface area contributed by atoms with Gasteiger partial charge in [-0.3, -0.25) is 20.4 Å². The van der Waals surface area contributed by atoms with Crippen molar-refractivity contribution in [2.45, 2.75) is 13.3 Å². The molecular formula is C24H20FN5O2. The third-order valence-corrected chi connectivity index (χ3v) is 4.84. The van der Waals surface area contributed by atoms with Gasteiger partial charge in [0, 0.05) is 5.56 Å². The number of halogens is 1. The van der Waals surface area contributed by atoms with Crippen molar-refractivity contribution in [1.82, 2.24) is 25.6 Å². The van der Waals surface area contributed by atoms with Crippen LogP contribution in [0.1, 0.15) is 21.7 Å². The van der Waals surface area contributed by atoms with Crippen LogP contribution in [0.5, 0.6) is 0 Å². The molecule has 0 radical (unpaired) electrons. The fourth-order valence-corrected chi connectivity index (χ4v) is 3.15. The minimum Gasteiger partial charge on any atom is -0.273 e. The van der Waals surface area contributed by atoms with Crippen molar-refractivity contribution in [3.05, 3.63) is 102 Å². The number of hydrogen-bond donors (Lipinski definition) is 2. The van der Waals surface area contributed by atoms with E-state index in [-0.39, 0.29) is 24.0 Å². The predicted molar refractivity (Wildman–Crippen MR) is 117 cm³/mol. The molecule has 32 heavy (non-hydrogen) atoms. The molecule has 0 saturated heterocycles. The topological polar surface area (TPSA) is 88.9 Å². The zero-order valence-electron chi connectivity index (χ0n) is 17.2. The second-order valence-electron chi connectivity index (χ2n) is 7.12. The van der Waals surface area contributed by atoms with E-state index in [0.29, 0.717) is 11.5 Å². The molecule has 0 saturated carbocycles. The zero-order valence-corrected chi connectivity index (χ0v) is 17.2. The van der Waals surface area contributed by atoms with Crippen LogP contribution < -0.4 is 10.9 Å². The Balaban J connectivity index is 1.54. The highest BCUT2D eigenvalue weighted by atomic mass is 19.1. The molecular weight excluding hydrogens is 409 g/mol. The van der Waals surface area contributed by atoms with Gasteiger partial charge in [0.1, 0.15) is 5.82 Å². The SMILES string of the molecule is Cc1ccccc1CC(=O)NNC(=O)c1nc(-c2ccccc2)n(-c2ccc(F)cc2)n1. The second kappa shape index (κ2) is 9.22. The molecule has 0 spiro atoms. The lowest BCUT2D eigenvalue weighted by atomic mass is 10.1. The van der Waals surface area contributed by atoms with Crippen LogP contribution in [0.25, 0.3) is 17.1 Å². The van der Waals surface area contributed by atoms with Crippen molar-refractivity contribution in [2.24, 2.45) is 0 Å². The summed E-state index contributed by atoms with van der Waals surface area (Å²) in [5.74, 6) is -1.14. The lowest BCUT2D eigenvalue weighted by Gasteiger charge is -2.07. The number of nitrogens with zero attached hydrogens (tertiary/aromatic N) is 3. The summed E-state index contributed by atoms with van der Waals surface area (Å²) < 4.78 is 14.8. The third-order valence-electron chi connectivity index (χ3n) is 4.84. The quantitative estimate of drug-likeness (QED) is 0.476. The average molecular weight is 429 g/mol. The second-order valence-corrected chi connectivity index (χ2v) is 7.12. The van der Waals surface area contributed by atoms with E-state index in [0.717, 1.165) is 16.7 Å². The average Bonchev–Trinajstić information content (AvgIpc) is 3.26. The smallest absolute Gasteiger partial charge is 0.273 e. The number of carbonyl (C=O) groups is 2. The Labute approximate surface area is 183 Å². The first-order chi connectivity index (χ1) is 15.5. The van der Waals surface area contributed by atoms with E-state index in [2.05, 4.69) is 20.9 Å². The van der Waals surface area contributed by atoms with Crippen LogP contribution in [-0.2, 0) is 11.2 Å². The molecule has 3 aromatic carbocycles. The maximum absolute atomic E-state index is 13.4. The fourth-order valence-electron chi connectivity index (χ4n) is 3.15. The summed E-state index contributed by atoms with van der Waals surface area (Å²) in [5, 5.41) is 4.28. The fraction of sp³-hybridized carbons (Fsp3) is 0.0833. The molecule has 160 valence electrons. The molecule has 2 N–H and O–H groups in total. The maximum atomic E-state index is 13.4.